The van der Waals surface area contributed by atoms with Gasteiger partial charge in [0.25, 0.3) is 0 Å². The number of unbranched alkanes of at least 4 members (excludes halogenated alkanes) is 1. The van der Waals surface area contributed by atoms with Crippen LogP contribution >= 0.6 is 0 Å². The molecule has 208 valence electrons. The molecule has 0 aromatic heterocycles. The predicted octanol–water partition coefficient (Wildman–Crippen LogP) is 6.99. The molecule has 0 atom stereocenters. The second-order valence-corrected chi connectivity index (χ2v) is 12.4. The maximum absolute atomic E-state index is 15.7. The Morgan fingerprint density at radius 3 is 1.39 bits per heavy atom. The quantitative estimate of drug-likeness (QED) is 0.123. The van der Waals surface area contributed by atoms with Crippen molar-refractivity contribution in [2.75, 3.05) is 0 Å². The maximum atomic E-state index is 15.7. The monoisotopic (exact) mass is 673 g/mol. The van der Waals surface area contributed by atoms with E-state index in [1.54, 1.807) is 6.07 Å². The molecule has 0 saturated heterocycles. The second-order valence-electron chi connectivity index (χ2n) is 9.43. The van der Waals surface area contributed by atoms with E-state index < -0.39 is 72.8 Å². The van der Waals surface area contributed by atoms with E-state index >= 15 is 26.3 Å². The number of hydrogen-bond acceptors (Lipinski definition) is 0. The third-order valence-corrected chi connectivity index (χ3v) is 9.52. The zero-order valence-electron chi connectivity index (χ0n) is 21.9. The molecule has 0 saturated carbocycles. The first-order valence-electron chi connectivity index (χ1n) is 13.0. The first-order chi connectivity index (χ1) is 19.8. The average Bonchev–Trinajstić information content (AvgIpc) is 2.94. The van der Waals surface area contributed by atoms with Gasteiger partial charge < -0.3 is 0 Å². The summed E-state index contributed by atoms with van der Waals surface area (Å²) in [5.41, 5.74) is -1.66. The van der Waals surface area contributed by atoms with Crippen LogP contribution in [0.1, 0.15) is 25.3 Å². The van der Waals surface area contributed by atoms with Crippen LogP contribution in [0.5, 0.6) is 0 Å². The zero-order valence-corrected chi connectivity index (χ0v) is 24.1. The van der Waals surface area contributed by atoms with Crippen molar-refractivity contribution in [1.82, 2.24) is 0 Å². The van der Waals surface area contributed by atoms with Crippen LogP contribution in [0.2, 0.25) is 0 Å². The lowest BCUT2D eigenvalue weighted by atomic mass is 9.82. The molecule has 5 aromatic rings. The van der Waals surface area contributed by atoms with Crippen LogP contribution in [0.25, 0.3) is 33.4 Å². The first kappa shape index (κ1) is 28.9. The molecule has 0 nitrogen and oxygen atoms in total. The fourth-order valence-corrected chi connectivity index (χ4v) is 7.71. The molecule has 0 bridgehead atoms. The third kappa shape index (κ3) is 5.77. The lowest BCUT2D eigenvalue weighted by molar-refractivity contribution is -0.596. The summed E-state index contributed by atoms with van der Waals surface area (Å²) in [6.45, 7) is 1.95. The van der Waals surface area contributed by atoms with Crippen LogP contribution in [0, 0.1) is 42.0 Å². The molecule has 0 fully saturated rings. The van der Waals surface area contributed by atoms with Crippen molar-refractivity contribution in [3.05, 3.63) is 139 Å². The summed E-state index contributed by atoms with van der Waals surface area (Å²) < 4.78 is 94.9. The highest BCUT2D eigenvalue weighted by molar-refractivity contribution is 5.96. The van der Waals surface area contributed by atoms with Gasteiger partial charge in [-0.1, -0.05) is 49.7 Å². The Morgan fingerprint density at radius 2 is 0.927 bits per heavy atom. The van der Waals surface area contributed by atoms with Crippen molar-refractivity contribution in [3.63, 3.8) is 0 Å². The molecule has 0 N–H and O–H groups in total. The number of halogens is 7. The highest BCUT2D eigenvalue weighted by Gasteiger charge is 2.35. The minimum absolute atomic E-state index is 0.112. The minimum Gasteiger partial charge on any atom is -0.206 e. The second kappa shape index (κ2) is 12.5. The Hall–Kier alpha value is -3.59. The summed E-state index contributed by atoms with van der Waals surface area (Å²) in [5, 5.41) is 0. The molecule has 0 heterocycles. The highest BCUT2D eigenvalue weighted by atomic mass is 127. The summed E-state index contributed by atoms with van der Waals surface area (Å²) in [6, 6.07) is 20.7. The van der Waals surface area contributed by atoms with Crippen LogP contribution in [0.4, 0.5) is 26.3 Å². The molecule has 0 aliphatic carbocycles. The molecule has 7 heteroatoms. The Morgan fingerprint density at radius 1 is 0.488 bits per heavy atom. The smallest absolute Gasteiger partial charge is 0.206 e. The molecule has 5 aromatic carbocycles. The van der Waals surface area contributed by atoms with Gasteiger partial charge >= 0.3 is 21.2 Å². The topological polar surface area (TPSA) is 0 Å². The summed E-state index contributed by atoms with van der Waals surface area (Å²) in [5.74, 6) is -5.85. The van der Waals surface area contributed by atoms with Crippen LogP contribution in [0.3, 0.4) is 0 Å². The average molecular weight is 673 g/mol. The summed E-state index contributed by atoms with van der Waals surface area (Å²) >= 11 is -1.17. The van der Waals surface area contributed by atoms with E-state index in [0.29, 0.717) is 22.0 Å². The van der Waals surface area contributed by atoms with E-state index in [0.717, 1.165) is 46.4 Å². The largest absolute Gasteiger partial charge is 0.358 e. The molecule has 0 aliphatic rings. The molecular weight excluding hydrogens is 649 g/mol. The van der Waals surface area contributed by atoms with E-state index in [1.807, 2.05) is 37.3 Å². The summed E-state index contributed by atoms with van der Waals surface area (Å²) in [6.07, 6.45) is 1.67. The SMILES string of the molecule is CCCCc1cc([I+]c2ccccc2)c(-c2c(F)cccc2F)c(-c2c(F)cccc2F)c1-c1c(F)cccc1F. The van der Waals surface area contributed by atoms with Crippen molar-refractivity contribution in [1.29, 1.82) is 0 Å². The van der Waals surface area contributed by atoms with E-state index in [1.165, 1.54) is 18.2 Å². The van der Waals surface area contributed by atoms with Gasteiger partial charge in [0.15, 0.2) is 3.57 Å². The van der Waals surface area contributed by atoms with Crippen molar-refractivity contribution in [2.24, 2.45) is 0 Å². The standard InChI is InChI=1S/C34H24F6I/c1-2-3-10-20-19-28(41-21-11-5-4-6-12-21)33(31-24(37)15-8-16-25(31)38)34(32-26(39)17-9-18-27(32)40)29(20)30-22(35)13-7-14-23(30)36/h4-9,11-19H,2-3,10H2,1H3/q+1. The number of aryl methyl sites for hydroxylation is 1. The number of rotatable bonds is 8. The first-order valence-corrected chi connectivity index (χ1v) is 15.2. The molecule has 0 unspecified atom stereocenters. The molecule has 0 radical (unpaired) electrons. The Bertz CT molecular complexity index is 1650. The van der Waals surface area contributed by atoms with Crippen molar-refractivity contribution in [3.8, 4) is 33.4 Å². The van der Waals surface area contributed by atoms with Crippen molar-refractivity contribution < 1.29 is 47.5 Å². The lowest BCUT2D eigenvalue weighted by Crippen LogP contribution is -3.61. The lowest BCUT2D eigenvalue weighted by Gasteiger charge is -2.22. The maximum Gasteiger partial charge on any atom is 0.358 e. The van der Waals surface area contributed by atoms with E-state index in [4.69, 9.17) is 0 Å². The molecule has 0 spiro atoms. The molecule has 0 amide bonds. The third-order valence-electron chi connectivity index (χ3n) is 6.74. The van der Waals surface area contributed by atoms with E-state index in [2.05, 4.69) is 0 Å². The van der Waals surface area contributed by atoms with Gasteiger partial charge in [-0.2, -0.15) is 0 Å². The molecule has 41 heavy (non-hydrogen) atoms. The van der Waals surface area contributed by atoms with Crippen molar-refractivity contribution in [2.45, 2.75) is 26.2 Å². The van der Waals surface area contributed by atoms with Gasteiger partial charge in [-0.3, -0.25) is 0 Å². The van der Waals surface area contributed by atoms with E-state index in [-0.39, 0.29) is 16.7 Å². The van der Waals surface area contributed by atoms with Gasteiger partial charge in [0.2, 0.25) is 3.57 Å². The van der Waals surface area contributed by atoms with Crippen LogP contribution in [0.15, 0.2) is 91.0 Å². The predicted molar refractivity (Wildman–Crippen MR) is 145 cm³/mol. The van der Waals surface area contributed by atoms with Crippen LogP contribution in [-0.2, 0) is 6.42 Å². The van der Waals surface area contributed by atoms with Gasteiger partial charge in [-0.15, -0.1) is 0 Å². The normalized spacial score (nSPS) is 11.2. The summed E-state index contributed by atoms with van der Waals surface area (Å²) in [7, 11) is 0. The highest BCUT2D eigenvalue weighted by Crippen LogP contribution is 2.47. The molecular formula is C34H24F6I+. The Labute approximate surface area is 244 Å². The van der Waals surface area contributed by atoms with Gasteiger partial charge in [-0.05, 0) is 78.6 Å². The fourth-order valence-electron chi connectivity index (χ4n) is 4.93. The molecule has 0 aliphatic heterocycles. The van der Waals surface area contributed by atoms with Crippen molar-refractivity contribution >= 4 is 0 Å². The van der Waals surface area contributed by atoms with Gasteiger partial charge in [-0.25, -0.2) is 26.3 Å². The fraction of sp³-hybridized carbons (Fsp3) is 0.118. The Balaban J connectivity index is 2.05. The van der Waals surface area contributed by atoms with Gasteiger partial charge in [0.05, 0.1) is 22.3 Å². The van der Waals surface area contributed by atoms with Crippen LogP contribution < -0.4 is 21.2 Å². The minimum atomic E-state index is -1.17. The van der Waals surface area contributed by atoms with Crippen LogP contribution in [-0.4, -0.2) is 0 Å². The van der Waals surface area contributed by atoms with E-state index in [9.17, 15) is 0 Å². The van der Waals surface area contributed by atoms with Gasteiger partial charge in [0, 0.05) is 5.56 Å². The Kier molecular flexibility index (Phi) is 8.82. The number of hydrogen-bond donors (Lipinski definition) is 0. The summed E-state index contributed by atoms with van der Waals surface area (Å²) in [4.78, 5) is 0. The molecule has 5 rings (SSSR count). The number of benzene rings is 5. The zero-order chi connectivity index (χ0) is 29.1. The van der Waals surface area contributed by atoms with Gasteiger partial charge in [0.1, 0.15) is 34.9 Å².